The molecule has 0 unspecified atom stereocenters. The highest BCUT2D eigenvalue weighted by Crippen LogP contribution is 2.20. The van der Waals surface area contributed by atoms with Gasteiger partial charge in [-0.3, -0.25) is 4.79 Å². The molecule has 2 aromatic rings. The number of carbonyl (C=O) groups excluding carboxylic acids is 1. The van der Waals surface area contributed by atoms with Crippen LogP contribution in [0.1, 0.15) is 31.4 Å². The molecule has 0 saturated carbocycles. The van der Waals surface area contributed by atoms with Gasteiger partial charge in [0.1, 0.15) is 0 Å². The molecule has 136 valence electrons. The molecule has 0 fully saturated rings. The summed E-state index contributed by atoms with van der Waals surface area (Å²) in [5, 5.41) is 4.90. The van der Waals surface area contributed by atoms with Crippen molar-refractivity contribution in [2.45, 2.75) is 32.9 Å². The number of oxime groups is 1. The predicted molar refractivity (Wildman–Crippen MR) is 104 cm³/mol. The van der Waals surface area contributed by atoms with E-state index >= 15 is 0 Å². The van der Waals surface area contributed by atoms with E-state index < -0.39 is 0 Å². The van der Waals surface area contributed by atoms with Crippen LogP contribution < -0.4 is 0 Å². The molecule has 0 bridgehead atoms. The standard InChI is InChI=1S/C21H23ClN2O2/c1-15(2)21(25)24(13-16-7-6-10-18(22)11-16)14-19-12-20(23-26-19)17-8-4-3-5-9-17/h3-11,15,19H,12-14H2,1-2H3/t19-/m0/s1. The van der Waals surface area contributed by atoms with Crippen molar-refractivity contribution < 1.29 is 9.63 Å². The molecule has 1 heterocycles. The van der Waals surface area contributed by atoms with Crippen molar-refractivity contribution in [2.24, 2.45) is 11.1 Å². The predicted octanol–water partition coefficient (Wildman–Crippen LogP) is 4.52. The molecule has 1 atom stereocenters. The Bertz CT molecular complexity index is 790. The quantitative estimate of drug-likeness (QED) is 0.750. The van der Waals surface area contributed by atoms with Crippen LogP contribution in [0.15, 0.2) is 59.8 Å². The number of halogens is 1. The van der Waals surface area contributed by atoms with Crippen LogP contribution in [0.2, 0.25) is 5.02 Å². The second-order valence-corrected chi connectivity index (χ2v) is 7.28. The van der Waals surface area contributed by atoms with E-state index in [9.17, 15) is 4.79 Å². The Balaban J connectivity index is 1.68. The molecule has 0 aromatic heterocycles. The minimum Gasteiger partial charge on any atom is -0.390 e. The summed E-state index contributed by atoms with van der Waals surface area (Å²) in [5.41, 5.74) is 3.00. The molecule has 26 heavy (non-hydrogen) atoms. The first kappa shape index (κ1) is 18.5. The first-order valence-corrected chi connectivity index (χ1v) is 9.22. The van der Waals surface area contributed by atoms with Gasteiger partial charge >= 0.3 is 0 Å². The van der Waals surface area contributed by atoms with Gasteiger partial charge in [0.15, 0.2) is 6.10 Å². The summed E-state index contributed by atoms with van der Waals surface area (Å²) in [6, 6.07) is 17.6. The van der Waals surface area contributed by atoms with E-state index in [1.165, 1.54) is 0 Å². The van der Waals surface area contributed by atoms with Gasteiger partial charge in [0, 0.05) is 23.9 Å². The van der Waals surface area contributed by atoms with Crippen LogP contribution in [0, 0.1) is 5.92 Å². The Morgan fingerprint density at radius 3 is 2.69 bits per heavy atom. The maximum atomic E-state index is 12.7. The lowest BCUT2D eigenvalue weighted by Gasteiger charge is -2.26. The van der Waals surface area contributed by atoms with E-state index in [-0.39, 0.29) is 17.9 Å². The Morgan fingerprint density at radius 2 is 2.00 bits per heavy atom. The summed E-state index contributed by atoms with van der Waals surface area (Å²) in [6.07, 6.45) is 0.564. The fourth-order valence-electron chi connectivity index (χ4n) is 3.03. The number of amides is 1. The fourth-order valence-corrected chi connectivity index (χ4v) is 3.24. The molecular formula is C21H23ClN2O2. The molecule has 2 aromatic carbocycles. The number of nitrogens with zero attached hydrogens (tertiary/aromatic N) is 2. The molecule has 1 aliphatic heterocycles. The first-order valence-electron chi connectivity index (χ1n) is 8.84. The number of hydrogen-bond donors (Lipinski definition) is 0. The lowest BCUT2D eigenvalue weighted by Crippen LogP contribution is -2.39. The zero-order valence-electron chi connectivity index (χ0n) is 15.1. The zero-order valence-corrected chi connectivity index (χ0v) is 15.8. The summed E-state index contributed by atoms with van der Waals surface area (Å²) in [7, 11) is 0. The van der Waals surface area contributed by atoms with Crippen LogP contribution in [0.3, 0.4) is 0 Å². The van der Waals surface area contributed by atoms with Crippen LogP contribution in [0.4, 0.5) is 0 Å². The summed E-state index contributed by atoms with van der Waals surface area (Å²) in [4.78, 5) is 20.1. The van der Waals surface area contributed by atoms with Gasteiger partial charge in [-0.1, -0.05) is 73.1 Å². The van der Waals surface area contributed by atoms with Crippen molar-refractivity contribution in [3.63, 3.8) is 0 Å². The van der Waals surface area contributed by atoms with Crippen LogP contribution >= 0.6 is 11.6 Å². The van der Waals surface area contributed by atoms with Crippen molar-refractivity contribution in [1.29, 1.82) is 0 Å². The maximum Gasteiger partial charge on any atom is 0.225 e. The van der Waals surface area contributed by atoms with E-state index in [0.717, 1.165) is 16.8 Å². The van der Waals surface area contributed by atoms with Gasteiger partial charge < -0.3 is 9.74 Å². The number of carbonyl (C=O) groups is 1. The van der Waals surface area contributed by atoms with Crippen LogP contribution in [-0.4, -0.2) is 29.2 Å². The SMILES string of the molecule is CC(C)C(=O)N(Cc1cccc(Cl)c1)C[C@@H]1CC(c2ccccc2)=NO1. The third-order valence-electron chi connectivity index (χ3n) is 4.33. The summed E-state index contributed by atoms with van der Waals surface area (Å²) >= 11 is 6.08. The Kier molecular flexibility index (Phi) is 5.94. The molecule has 4 nitrogen and oxygen atoms in total. The molecule has 1 aliphatic rings. The highest BCUT2D eigenvalue weighted by atomic mass is 35.5. The molecular weight excluding hydrogens is 348 g/mol. The van der Waals surface area contributed by atoms with Gasteiger partial charge in [0.05, 0.1) is 12.3 Å². The van der Waals surface area contributed by atoms with E-state index in [1.54, 1.807) is 0 Å². The molecule has 0 spiro atoms. The number of rotatable bonds is 6. The van der Waals surface area contributed by atoms with E-state index in [0.29, 0.717) is 24.5 Å². The topological polar surface area (TPSA) is 41.9 Å². The lowest BCUT2D eigenvalue weighted by molar-refractivity contribution is -0.136. The Labute approximate surface area is 159 Å². The van der Waals surface area contributed by atoms with Crippen LogP contribution in [0.5, 0.6) is 0 Å². The van der Waals surface area contributed by atoms with Gasteiger partial charge in [0.2, 0.25) is 5.91 Å². The lowest BCUT2D eigenvalue weighted by atomic mass is 10.0. The Hall–Kier alpha value is -2.33. The van der Waals surface area contributed by atoms with E-state index in [1.807, 2.05) is 73.3 Å². The Morgan fingerprint density at radius 1 is 1.23 bits per heavy atom. The largest absolute Gasteiger partial charge is 0.390 e. The highest BCUT2D eigenvalue weighted by Gasteiger charge is 2.27. The minimum atomic E-state index is -0.132. The van der Waals surface area contributed by atoms with Crippen LogP contribution in [-0.2, 0) is 16.2 Å². The molecule has 3 rings (SSSR count). The number of benzene rings is 2. The molecule has 5 heteroatoms. The first-order chi connectivity index (χ1) is 12.5. The average Bonchev–Trinajstić information content (AvgIpc) is 3.10. The molecule has 0 aliphatic carbocycles. The molecule has 0 radical (unpaired) electrons. The normalized spacial score (nSPS) is 16.3. The van der Waals surface area contributed by atoms with Crippen molar-refractivity contribution in [2.75, 3.05) is 6.54 Å². The van der Waals surface area contributed by atoms with E-state index in [4.69, 9.17) is 16.4 Å². The van der Waals surface area contributed by atoms with Crippen molar-refractivity contribution in [1.82, 2.24) is 4.90 Å². The van der Waals surface area contributed by atoms with Gasteiger partial charge in [0.25, 0.3) is 0 Å². The van der Waals surface area contributed by atoms with Gasteiger partial charge in [-0.05, 0) is 23.3 Å². The van der Waals surface area contributed by atoms with Gasteiger partial charge in [-0.15, -0.1) is 0 Å². The van der Waals surface area contributed by atoms with Crippen LogP contribution in [0.25, 0.3) is 0 Å². The maximum absolute atomic E-state index is 12.7. The smallest absolute Gasteiger partial charge is 0.225 e. The summed E-state index contributed by atoms with van der Waals surface area (Å²) < 4.78 is 0. The molecule has 0 N–H and O–H groups in total. The molecule has 1 amide bonds. The third-order valence-corrected chi connectivity index (χ3v) is 4.57. The summed E-state index contributed by atoms with van der Waals surface area (Å²) in [6.45, 7) is 4.84. The summed E-state index contributed by atoms with van der Waals surface area (Å²) in [5.74, 6) is 0.0202. The third kappa shape index (κ3) is 4.64. The van der Waals surface area contributed by atoms with Crippen molar-refractivity contribution >= 4 is 23.2 Å². The van der Waals surface area contributed by atoms with Gasteiger partial charge in [-0.25, -0.2) is 0 Å². The van der Waals surface area contributed by atoms with E-state index in [2.05, 4.69) is 5.16 Å². The van der Waals surface area contributed by atoms with Gasteiger partial charge in [-0.2, -0.15) is 0 Å². The molecule has 0 saturated heterocycles. The fraction of sp³-hybridized carbons (Fsp3) is 0.333. The monoisotopic (exact) mass is 370 g/mol. The second kappa shape index (κ2) is 8.37. The second-order valence-electron chi connectivity index (χ2n) is 6.84. The highest BCUT2D eigenvalue weighted by molar-refractivity contribution is 6.30. The zero-order chi connectivity index (χ0) is 18.5. The average molecular weight is 371 g/mol. The number of hydrogen-bond acceptors (Lipinski definition) is 3. The van der Waals surface area contributed by atoms with Crippen molar-refractivity contribution in [3.8, 4) is 0 Å². The minimum absolute atomic E-state index is 0.0786. The van der Waals surface area contributed by atoms with Crippen molar-refractivity contribution in [3.05, 3.63) is 70.7 Å².